The average Bonchev–Trinajstić information content (AvgIpc) is 2.81. The van der Waals surface area contributed by atoms with Gasteiger partial charge in [0, 0.05) is 24.3 Å². The van der Waals surface area contributed by atoms with Crippen molar-refractivity contribution in [2.75, 3.05) is 28.0 Å². The molecular weight excluding hydrogens is 412 g/mol. The monoisotopic (exact) mass is 436 g/mol. The van der Waals surface area contributed by atoms with Gasteiger partial charge in [0.1, 0.15) is 5.82 Å². The molecule has 0 bridgehead atoms. The molecule has 2 N–H and O–H groups in total. The predicted octanol–water partition coefficient (Wildman–Crippen LogP) is 4.13. The lowest BCUT2D eigenvalue weighted by Gasteiger charge is -2.27. The van der Waals surface area contributed by atoms with Gasteiger partial charge in [-0.2, -0.15) is 0 Å². The summed E-state index contributed by atoms with van der Waals surface area (Å²) in [5, 5.41) is 2.82. The summed E-state index contributed by atoms with van der Waals surface area (Å²) in [6.07, 6.45) is 5.27. The predicted molar refractivity (Wildman–Crippen MR) is 122 cm³/mol. The third-order valence-electron chi connectivity index (χ3n) is 5.14. The van der Waals surface area contributed by atoms with Crippen LogP contribution in [0, 0.1) is 0 Å². The summed E-state index contributed by atoms with van der Waals surface area (Å²) in [4.78, 5) is 19.4. The summed E-state index contributed by atoms with van der Waals surface area (Å²) in [6, 6.07) is 18.2. The standard InChI is InChI=1S/C23H24N4O3S/c28-23(25-20-13-14-22(24-17-20)27-15-5-2-6-16-27)18-9-11-19(12-10-18)26-31(29,30)21-7-3-1-4-8-21/h1,3-4,7-14,17,26H,2,5-6,15-16H2,(H,25,28). The first-order chi connectivity index (χ1) is 15.0. The van der Waals surface area contributed by atoms with Crippen molar-refractivity contribution in [3.05, 3.63) is 78.5 Å². The maximum Gasteiger partial charge on any atom is 0.261 e. The number of benzene rings is 2. The van der Waals surface area contributed by atoms with E-state index in [-0.39, 0.29) is 10.8 Å². The van der Waals surface area contributed by atoms with Gasteiger partial charge in [0.15, 0.2) is 0 Å². The second kappa shape index (κ2) is 9.18. The minimum atomic E-state index is -3.67. The van der Waals surface area contributed by atoms with Gasteiger partial charge in [-0.3, -0.25) is 9.52 Å². The number of rotatable bonds is 6. The van der Waals surface area contributed by atoms with Crippen molar-refractivity contribution < 1.29 is 13.2 Å². The van der Waals surface area contributed by atoms with Crippen molar-refractivity contribution in [3.63, 3.8) is 0 Å². The molecule has 7 nitrogen and oxygen atoms in total. The second-order valence-corrected chi connectivity index (χ2v) is 9.09. The molecule has 0 spiro atoms. The van der Waals surface area contributed by atoms with Crippen LogP contribution in [-0.2, 0) is 10.0 Å². The molecule has 4 rings (SSSR count). The van der Waals surface area contributed by atoms with Gasteiger partial charge >= 0.3 is 0 Å². The first kappa shape index (κ1) is 20.9. The molecule has 1 aromatic heterocycles. The zero-order valence-corrected chi connectivity index (χ0v) is 17.8. The Balaban J connectivity index is 1.38. The van der Waals surface area contributed by atoms with Gasteiger partial charge < -0.3 is 10.2 Å². The topological polar surface area (TPSA) is 91.4 Å². The number of hydrogen-bond donors (Lipinski definition) is 2. The molecule has 0 radical (unpaired) electrons. The molecule has 1 aliphatic heterocycles. The average molecular weight is 437 g/mol. The summed E-state index contributed by atoms with van der Waals surface area (Å²) >= 11 is 0. The van der Waals surface area contributed by atoms with Gasteiger partial charge in [-0.05, 0) is 67.8 Å². The Kier molecular flexibility index (Phi) is 6.18. The van der Waals surface area contributed by atoms with Crippen molar-refractivity contribution >= 4 is 33.1 Å². The molecule has 3 aromatic rings. The van der Waals surface area contributed by atoms with Crippen LogP contribution in [0.5, 0.6) is 0 Å². The van der Waals surface area contributed by atoms with Crippen molar-refractivity contribution in [3.8, 4) is 0 Å². The second-order valence-electron chi connectivity index (χ2n) is 7.40. The molecule has 1 fully saturated rings. The minimum Gasteiger partial charge on any atom is -0.357 e. The van der Waals surface area contributed by atoms with Crippen LogP contribution >= 0.6 is 0 Å². The lowest BCUT2D eigenvalue weighted by atomic mass is 10.1. The van der Waals surface area contributed by atoms with Gasteiger partial charge in [0.25, 0.3) is 15.9 Å². The van der Waals surface area contributed by atoms with Crippen LogP contribution in [0.3, 0.4) is 0 Å². The number of pyridine rings is 1. The van der Waals surface area contributed by atoms with Crippen molar-refractivity contribution in [2.24, 2.45) is 0 Å². The number of nitrogens with zero attached hydrogens (tertiary/aromatic N) is 2. The van der Waals surface area contributed by atoms with Crippen LogP contribution in [-0.4, -0.2) is 32.4 Å². The summed E-state index contributed by atoms with van der Waals surface area (Å²) in [5.41, 5.74) is 1.41. The molecule has 2 aromatic carbocycles. The van der Waals surface area contributed by atoms with E-state index in [2.05, 4.69) is 19.9 Å². The Morgan fingerprint density at radius 2 is 1.52 bits per heavy atom. The van der Waals surface area contributed by atoms with E-state index >= 15 is 0 Å². The van der Waals surface area contributed by atoms with Gasteiger partial charge in [-0.25, -0.2) is 13.4 Å². The zero-order chi connectivity index (χ0) is 21.7. The van der Waals surface area contributed by atoms with E-state index in [4.69, 9.17) is 0 Å². The van der Waals surface area contributed by atoms with Crippen LogP contribution in [0.1, 0.15) is 29.6 Å². The molecule has 1 saturated heterocycles. The SMILES string of the molecule is O=C(Nc1ccc(N2CCCCC2)nc1)c1ccc(NS(=O)(=O)c2ccccc2)cc1. The Labute approximate surface area is 182 Å². The maximum absolute atomic E-state index is 12.5. The summed E-state index contributed by atoms with van der Waals surface area (Å²) in [7, 11) is -3.67. The van der Waals surface area contributed by atoms with E-state index in [0.717, 1.165) is 18.9 Å². The Morgan fingerprint density at radius 3 is 2.16 bits per heavy atom. The number of carbonyl (C=O) groups is 1. The van der Waals surface area contributed by atoms with E-state index in [0.29, 0.717) is 16.9 Å². The molecule has 0 saturated carbocycles. The Morgan fingerprint density at radius 1 is 0.839 bits per heavy atom. The van der Waals surface area contributed by atoms with E-state index in [1.807, 2.05) is 12.1 Å². The normalized spacial score (nSPS) is 14.1. The number of anilines is 3. The lowest BCUT2D eigenvalue weighted by Crippen LogP contribution is -2.30. The van der Waals surface area contributed by atoms with Crippen molar-refractivity contribution in [2.45, 2.75) is 24.2 Å². The Bertz CT molecular complexity index is 1130. The van der Waals surface area contributed by atoms with E-state index in [1.54, 1.807) is 48.7 Å². The van der Waals surface area contributed by atoms with Gasteiger partial charge in [0.2, 0.25) is 0 Å². The van der Waals surface area contributed by atoms with Crippen LogP contribution in [0.15, 0.2) is 77.8 Å². The molecule has 1 aliphatic rings. The fraction of sp³-hybridized carbons (Fsp3) is 0.217. The molecule has 8 heteroatoms. The number of amides is 1. The third-order valence-corrected chi connectivity index (χ3v) is 6.54. The fourth-order valence-electron chi connectivity index (χ4n) is 3.48. The fourth-order valence-corrected chi connectivity index (χ4v) is 4.56. The van der Waals surface area contributed by atoms with Crippen LogP contribution in [0.4, 0.5) is 17.2 Å². The van der Waals surface area contributed by atoms with Crippen LogP contribution < -0.4 is 14.9 Å². The number of nitrogens with one attached hydrogen (secondary N) is 2. The number of sulfonamides is 1. The highest BCUT2D eigenvalue weighted by atomic mass is 32.2. The smallest absolute Gasteiger partial charge is 0.261 e. The highest BCUT2D eigenvalue weighted by Crippen LogP contribution is 2.20. The first-order valence-corrected chi connectivity index (χ1v) is 11.7. The van der Waals surface area contributed by atoms with Gasteiger partial charge in [-0.15, -0.1) is 0 Å². The quantitative estimate of drug-likeness (QED) is 0.606. The molecule has 1 amide bonds. The Hall–Kier alpha value is -3.39. The van der Waals surface area contributed by atoms with E-state index in [1.165, 1.54) is 31.4 Å². The lowest BCUT2D eigenvalue weighted by molar-refractivity contribution is 0.102. The zero-order valence-electron chi connectivity index (χ0n) is 17.0. The molecule has 0 unspecified atom stereocenters. The molecule has 31 heavy (non-hydrogen) atoms. The highest BCUT2D eigenvalue weighted by molar-refractivity contribution is 7.92. The number of hydrogen-bond acceptors (Lipinski definition) is 5. The molecule has 0 aliphatic carbocycles. The maximum atomic E-state index is 12.5. The van der Waals surface area contributed by atoms with Crippen LogP contribution in [0.25, 0.3) is 0 Å². The molecule has 0 atom stereocenters. The minimum absolute atomic E-state index is 0.178. The summed E-state index contributed by atoms with van der Waals surface area (Å²) < 4.78 is 27.3. The summed E-state index contributed by atoms with van der Waals surface area (Å²) in [5.74, 6) is 0.637. The third kappa shape index (κ3) is 5.21. The largest absolute Gasteiger partial charge is 0.357 e. The van der Waals surface area contributed by atoms with Crippen molar-refractivity contribution in [1.29, 1.82) is 0 Å². The van der Waals surface area contributed by atoms with Gasteiger partial charge in [-0.1, -0.05) is 18.2 Å². The first-order valence-electron chi connectivity index (χ1n) is 10.2. The van der Waals surface area contributed by atoms with E-state index in [9.17, 15) is 13.2 Å². The van der Waals surface area contributed by atoms with Crippen LogP contribution in [0.2, 0.25) is 0 Å². The number of aromatic nitrogens is 1. The summed E-state index contributed by atoms with van der Waals surface area (Å²) in [6.45, 7) is 2.03. The molecular formula is C23H24N4O3S. The van der Waals surface area contributed by atoms with Gasteiger partial charge in [0.05, 0.1) is 16.8 Å². The molecule has 160 valence electrons. The van der Waals surface area contributed by atoms with Crippen molar-refractivity contribution in [1.82, 2.24) is 4.98 Å². The highest BCUT2D eigenvalue weighted by Gasteiger charge is 2.15. The van der Waals surface area contributed by atoms with E-state index < -0.39 is 10.0 Å². The molecule has 2 heterocycles. The number of piperidine rings is 1. The number of carbonyl (C=O) groups excluding carboxylic acids is 1.